The molecular weight excluding hydrogens is 604 g/mol. The zero-order chi connectivity index (χ0) is 32.5. The van der Waals surface area contributed by atoms with Crippen molar-refractivity contribution in [3.05, 3.63) is 85.1 Å². The second-order valence-electron chi connectivity index (χ2n) is 12.1. The molecule has 5 heterocycles. The normalized spacial score (nSPS) is 20.1. The molecule has 11 nitrogen and oxygen atoms in total. The van der Waals surface area contributed by atoms with Crippen LogP contribution in [0.15, 0.2) is 79.3 Å². The van der Waals surface area contributed by atoms with Crippen LogP contribution < -0.4 is 10.2 Å². The summed E-state index contributed by atoms with van der Waals surface area (Å²) in [5.41, 5.74) is 1.14. The topological polar surface area (TPSA) is 123 Å². The number of hydrogen-bond donors (Lipinski definition) is 2. The van der Waals surface area contributed by atoms with Crippen LogP contribution in [0.3, 0.4) is 0 Å². The third-order valence-electron chi connectivity index (χ3n) is 8.85. The van der Waals surface area contributed by atoms with Gasteiger partial charge in [-0.3, -0.25) is 19.6 Å². The Hall–Kier alpha value is -5.30. The van der Waals surface area contributed by atoms with E-state index in [9.17, 15) is 14.0 Å². The molecule has 3 aromatic heterocycles. The van der Waals surface area contributed by atoms with Crippen molar-refractivity contribution >= 4 is 34.2 Å². The van der Waals surface area contributed by atoms with E-state index >= 15 is 4.39 Å². The maximum absolute atomic E-state index is 16.0. The first-order chi connectivity index (χ1) is 22.8. The predicted octanol–water partition coefficient (Wildman–Crippen LogP) is 4.31. The molecule has 2 N–H and O–H groups in total. The Balaban J connectivity index is 0.939. The quantitative estimate of drug-likeness (QED) is 0.271. The zero-order valence-electron chi connectivity index (χ0n) is 25.7. The fourth-order valence-corrected chi connectivity index (χ4v) is 6.30. The first-order valence-electron chi connectivity index (χ1n) is 15.5. The van der Waals surface area contributed by atoms with Crippen LogP contribution in [-0.4, -0.2) is 97.7 Å². The van der Waals surface area contributed by atoms with E-state index in [1.807, 2.05) is 24.0 Å². The number of fused-ring (bicyclic) bond motifs is 1. The van der Waals surface area contributed by atoms with Gasteiger partial charge in [-0.15, -0.1) is 0 Å². The van der Waals surface area contributed by atoms with E-state index in [2.05, 4.69) is 35.4 Å². The third kappa shape index (κ3) is 6.26. The number of nitrogens with zero attached hydrogens (tertiary/aromatic N) is 7. The molecule has 2 saturated heterocycles. The van der Waals surface area contributed by atoms with Crippen LogP contribution in [0.1, 0.15) is 13.3 Å². The van der Waals surface area contributed by atoms with Gasteiger partial charge in [0.05, 0.1) is 17.8 Å². The van der Waals surface area contributed by atoms with Gasteiger partial charge in [0, 0.05) is 86.0 Å². The number of benzene rings is 2. The molecule has 13 heteroatoms. The maximum Gasteiger partial charge on any atom is 0.263 e. The fraction of sp³-hybridized carbons (Fsp3) is 0.294. The summed E-state index contributed by atoms with van der Waals surface area (Å²) in [7, 11) is 0. The predicted molar refractivity (Wildman–Crippen MR) is 174 cm³/mol. The molecule has 2 aliphatic heterocycles. The standard InChI is InChI=1S/C34H33F2N9O2/c1-22-19-44(29-10-5-24(18-39-29)32-37-12-2-13-38-32)15-16-45(22)30(46)20-43-14-11-34(36,21-43)33(47)40-26-8-9-28-27(17-26)31(42-41-28)23-3-6-25(35)7-4-23/h2-10,12-13,17-18,22H,11,14-16,19-21H2,1H3,(H,40,47)(H,41,42)/t22-,34?/m1/s1. The molecule has 2 aromatic carbocycles. The van der Waals surface area contributed by atoms with Crippen molar-refractivity contribution in [3.63, 3.8) is 0 Å². The Labute approximate surface area is 269 Å². The molecule has 2 fully saturated rings. The van der Waals surface area contributed by atoms with Gasteiger partial charge in [0.2, 0.25) is 11.6 Å². The lowest BCUT2D eigenvalue weighted by Crippen LogP contribution is -2.56. The molecule has 0 radical (unpaired) electrons. The lowest BCUT2D eigenvalue weighted by molar-refractivity contribution is -0.135. The molecule has 0 saturated carbocycles. The molecule has 0 bridgehead atoms. The number of pyridine rings is 1. The Morgan fingerprint density at radius 3 is 2.53 bits per heavy atom. The smallest absolute Gasteiger partial charge is 0.263 e. The number of nitrogens with one attached hydrogen (secondary N) is 2. The molecule has 47 heavy (non-hydrogen) atoms. The first kappa shape index (κ1) is 30.4. The Kier molecular flexibility index (Phi) is 8.06. The number of anilines is 2. The average Bonchev–Trinajstić information content (AvgIpc) is 3.69. The Bertz CT molecular complexity index is 1900. The largest absolute Gasteiger partial charge is 0.353 e. The molecule has 240 valence electrons. The number of rotatable bonds is 7. The van der Waals surface area contributed by atoms with Gasteiger partial charge < -0.3 is 15.1 Å². The third-order valence-corrected chi connectivity index (χ3v) is 8.85. The maximum atomic E-state index is 16.0. The van der Waals surface area contributed by atoms with Crippen LogP contribution in [0.5, 0.6) is 0 Å². The summed E-state index contributed by atoms with van der Waals surface area (Å²) in [5.74, 6) is 0.229. The number of carbonyl (C=O) groups excluding carboxylic acids is 2. The number of halogens is 2. The van der Waals surface area contributed by atoms with Crippen molar-refractivity contribution in [2.24, 2.45) is 0 Å². The molecule has 0 aliphatic carbocycles. The van der Waals surface area contributed by atoms with E-state index in [-0.39, 0.29) is 37.3 Å². The van der Waals surface area contributed by atoms with Crippen molar-refractivity contribution in [1.29, 1.82) is 0 Å². The minimum absolute atomic E-state index is 0.0140. The second kappa shape index (κ2) is 12.5. The number of likely N-dealkylation sites (tertiary alicyclic amines) is 1. The minimum Gasteiger partial charge on any atom is -0.353 e. The van der Waals surface area contributed by atoms with Crippen LogP contribution in [0.25, 0.3) is 33.5 Å². The number of alkyl halides is 1. The average molecular weight is 638 g/mol. The number of H-pyrrole nitrogens is 1. The number of aromatic nitrogens is 5. The second-order valence-corrected chi connectivity index (χ2v) is 12.1. The van der Waals surface area contributed by atoms with Gasteiger partial charge in [-0.25, -0.2) is 23.7 Å². The van der Waals surface area contributed by atoms with Crippen LogP contribution in [-0.2, 0) is 9.59 Å². The first-order valence-corrected chi connectivity index (χ1v) is 15.5. The van der Waals surface area contributed by atoms with Crippen LogP contribution in [0, 0.1) is 5.82 Å². The number of aromatic amines is 1. The summed E-state index contributed by atoms with van der Waals surface area (Å²) in [5, 5.41) is 10.7. The summed E-state index contributed by atoms with van der Waals surface area (Å²) in [6, 6.07) is 16.7. The van der Waals surface area contributed by atoms with Gasteiger partial charge in [-0.05, 0) is 67.6 Å². The molecule has 0 spiro atoms. The van der Waals surface area contributed by atoms with E-state index in [0.717, 1.165) is 16.9 Å². The highest BCUT2D eigenvalue weighted by molar-refractivity contribution is 6.01. The summed E-state index contributed by atoms with van der Waals surface area (Å²) < 4.78 is 29.4. The number of amides is 2. The van der Waals surface area contributed by atoms with Gasteiger partial charge in [0.25, 0.3) is 5.91 Å². The van der Waals surface area contributed by atoms with Gasteiger partial charge in [0.15, 0.2) is 5.82 Å². The lowest BCUT2D eigenvalue weighted by atomic mass is 10.0. The minimum atomic E-state index is -2.14. The van der Waals surface area contributed by atoms with Crippen molar-refractivity contribution < 1.29 is 18.4 Å². The highest BCUT2D eigenvalue weighted by Gasteiger charge is 2.46. The highest BCUT2D eigenvalue weighted by Crippen LogP contribution is 2.31. The SMILES string of the molecule is C[C@@H]1CN(c2ccc(-c3ncccn3)cn2)CCN1C(=O)CN1CCC(F)(C(=O)Nc2ccc3[nH]nc(-c4ccc(F)cc4)c3c2)C1. The molecule has 2 amide bonds. The fourth-order valence-electron chi connectivity index (χ4n) is 6.30. The van der Waals surface area contributed by atoms with E-state index in [0.29, 0.717) is 54.3 Å². The zero-order valence-corrected chi connectivity index (χ0v) is 25.7. The van der Waals surface area contributed by atoms with Crippen molar-refractivity contribution in [2.45, 2.75) is 25.1 Å². The lowest BCUT2D eigenvalue weighted by Gasteiger charge is -2.41. The van der Waals surface area contributed by atoms with Crippen molar-refractivity contribution in [1.82, 2.24) is 34.9 Å². The summed E-state index contributed by atoms with van der Waals surface area (Å²) in [6.45, 7) is 3.89. The Morgan fingerprint density at radius 1 is 1.00 bits per heavy atom. The summed E-state index contributed by atoms with van der Waals surface area (Å²) in [6.07, 6.45) is 5.12. The van der Waals surface area contributed by atoms with Gasteiger partial charge in [-0.1, -0.05) is 0 Å². The Morgan fingerprint density at radius 2 is 1.79 bits per heavy atom. The highest BCUT2D eigenvalue weighted by atomic mass is 19.1. The van der Waals surface area contributed by atoms with Gasteiger partial charge in [0.1, 0.15) is 11.6 Å². The van der Waals surface area contributed by atoms with E-state index in [1.165, 1.54) is 12.1 Å². The van der Waals surface area contributed by atoms with E-state index in [1.54, 1.807) is 59.9 Å². The number of carbonyl (C=O) groups is 2. The summed E-state index contributed by atoms with van der Waals surface area (Å²) >= 11 is 0. The van der Waals surface area contributed by atoms with Crippen LogP contribution in [0.4, 0.5) is 20.3 Å². The monoisotopic (exact) mass is 637 g/mol. The van der Waals surface area contributed by atoms with Crippen LogP contribution in [0.2, 0.25) is 0 Å². The van der Waals surface area contributed by atoms with Crippen molar-refractivity contribution in [2.75, 3.05) is 49.5 Å². The van der Waals surface area contributed by atoms with Gasteiger partial charge in [-0.2, -0.15) is 5.10 Å². The number of hydrogen-bond acceptors (Lipinski definition) is 8. The molecule has 1 unspecified atom stereocenters. The van der Waals surface area contributed by atoms with Crippen LogP contribution >= 0.6 is 0 Å². The van der Waals surface area contributed by atoms with Gasteiger partial charge >= 0.3 is 0 Å². The van der Waals surface area contributed by atoms with E-state index < -0.39 is 11.6 Å². The molecule has 2 atom stereocenters. The van der Waals surface area contributed by atoms with Crippen molar-refractivity contribution in [3.8, 4) is 22.6 Å². The molecular formula is C34H33F2N9O2. The van der Waals surface area contributed by atoms with E-state index in [4.69, 9.17) is 0 Å². The number of piperazine rings is 1. The molecule has 2 aliphatic rings. The molecule has 7 rings (SSSR count). The summed E-state index contributed by atoms with van der Waals surface area (Å²) in [4.78, 5) is 45.3. The molecule has 5 aromatic rings.